The van der Waals surface area contributed by atoms with Gasteiger partial charge in [0.1, 0.15) is 67.1 Å². The van der Waals surface area contributed by atoms with E-state index < -0.39 is 140 Å². The topological polar surface area (TPSA) is 405 Å². The van der Waals surface area contributed by atoms with Gasteiger partial charge in [-0.1, -0.05) is 0 Å². The first kappa shape index (κ1) is 55.2. The standard InChI is InChI=1S/C20H37NO23P2.4Na/c21-5(17(29)30)2-37-20-16(44-46(34,35)36)11(25)7(3-38-20)41-19-14(28)15(10(24)6(1-22)40-19)43-18-13(27)12(26)9(23)8(42-18)4-39-45(31,32)33;;;;/h5-16,18-20,22-28H,1-4,21H2,(H,29,30)(H2,31,32,33)(H2,34,35,36);;;;/q;4*+1/p-4/t5-,6+,7+,8+,9-,10-,11-,12-,13+,14+,15-,16+,18-,19-,20+;;;;/m0..../s1. The molecule has 0 bridgehead atoms. The molecule has 0 aliphatic carbocycles. The number of phosphoric ester groups is 2. The Balaban J connectivity index is 0. The number of ether oxygens (including phenoxy) is 6. The van der Waals surface area contributed by atoms with Crippen molar-refractivity contribution in [3.63, 3.8) is 0 Å². The van der Waals surface area contributed by atoms with Gasteiger partial charge in [-0.05, 0) is 0 Å². The van der Waals surface area contributed by atoms with Crippen LogP contribution in [0.25, 0.3) is 0 Å². The van der Waals surface area contributed by atoms with Crippen molar-refractivity contribution in [3.05, 3.63) is 0 Å². The van der Waals surface area contributed by atoms with Gasteiger partial charge in [0.2, 0.25) is 0 Å². The van der Waals surface area contributed by atoms with Gasteiger partial charge < -0.3 is 113 Å². The minimum Gasteiger partial charge on any atom is -0.790 e. The Morgan fingerprint density at radius 2 is 1.36 bits per heavy atom. The minimum absolute atomic E-state index is 0. The summed E-state index contributed by atoms with van der Waals surface area (Å²) < 4.78 is 62.3. The van der Waals surface area contributed by atoms with E-state index in [1.54, 1.807) is 0 Å². The van der Waals surface area contributed by atoms with Crippen LogP contribution >= 0.6 is 15.6 Å². The Kier molecular flexibility index (Phi) is 26.7. The number of phosphoric acid groups is 2. The van der Waals surface area contributed by atoms with Crippen molar-refractivity contribution in [3.8, 4) is 0 Å². The Labute approximate surface area is 371 Å². The fourth-order valence-corrected chi connectivity index (χ4v) is 5.40. The van der Waals surface area contributed by atoms with Crippen LogP contribution in [0.4, 0.5) is 0 Å². The van der Waals surface area contributed by atoms with Crippen molar-refractivity contribution in [2.24, 2.45) is 5.73 Å². The summed E-state index contributed by atoms with van der Waals surface area (Å²) in [7, 11) is -11.2. The van der Waals surface area contributed by atoms with Crippen molar-refractivity contribution in [1.29, 1.82) is 0 Å². The van der Waals surface area contributed by atoms with E-state index >= 15 is 0 Å². The van der Waals surface area contributed by atoms with Crippen LogP contribution in [-0.4, -0.2) is 165 Å². The second-order valence-corrected chi connectivity index (χ2v) is 12.5. The van der Waals surface area contributed by atoms with E-state index in [-0.39, 0.29) is 118 Å². The van der Waals surface area contributed by atoms with Crippen LogP contribution in [0.1, 0.15) is 0 Å². The molecule has 24 nitrogen and oxygen atoms in total. The quantitative estimate of drug-likeness (QED) is 0.0581. The molecule has 0 spiro atoms. The predicted molar refractivity (Wildman–Crippen MR) is 127 cm³/mol. The van der Waals surface area contributed by atoms with E-state index in [1.807, 2.05) is 0 Å². The van der Waals surface area contributed by atoms with E-state index in [9.17, 15) is 74.4 Å². The van der Waals surface area contributed by atoms with E-state index in [2.05, 4.69) is 9.05 Å². The second kappa shape index (κ2) is 24.1. The molecule has 50 heavy (non-hydrogen) atoms. The Morgan fingerprint density at radius 1 is 0.800 bits per heavy atom. The summed E-state index contributed by atoms with van der Waals surface area (Å²) in [6.45, 7) is -3.67. The first-order valence-electron chi connectivity index (χ1n) is 13.1. The summed E-state index contributed by atoms with van der Waals surface area (Å²) in [5, 5.41) is 83.6. The van der Waals surface area contributed by atoms with Gasteiger partial charge in [0, 0.05) is 0 Å². The maximum absolute atomic E-state index is 11.4. The van der Waals surface area contributed by atoms with Crippen LogP contribution in [0.5, 0.6) is 0 Å². The zero-order valence-electron chi connectivity index (χ0n) is 27.2. The van der Waals surface area contributed by atoms with Gasteiger partial charge in [-0.2, -0.15) is 0 Å². The molecular formula is C20H33NNa4O23P2. The molecule has 3 fully saturated rings. The van der Waals surface area contributed by atoms with Crippen molar-refractivity contribution in [2.75, 3.05) is 26.4 Å². The van der Waals surface area contributed by atoms with Crippen molar-refractivity contribution >= 4 is 21.6 Å². The van der Waals surface area contributed by atoms with Gasteiger partial charge in [-0.3, -0.25) is 4.57 Å². The molecule has 3 rings (SSSR count). The van der Waals surface area contributed by atoms with Gasteiger partial charge in [0.25, 0.3) is 7.82 Å². The van der Waals surface area contributed by atoms with Crippen LogP contribution in [0.3, 0.4) is 0 Å². The summed E-state index contributed by atoms with van der Waals surface area (Å²) in [5.74, 6) is -1.76. The second-order valence-electron chi connectivity index (χ2n) is 10.2. The molecule has 16 atom stereocenters. The number of nitrogens with two attached hydrogens (primary N) is 1. The zero-order chi connectivity index (χ0) is 34.7. The van der Waals surface area contributed by atoms with Gasteiger partial charge in [-0.15, -0.1) is 0 Å². The third-order valence-corrected chi connectivity index (χ3v) is 7.87. The molecule has 1 unspecified atom stereocenters. The first-order valence-corrected chi connectivity index (χ1v) is 16.1. The molecule has 0 radical (unpaired) electrons. The minimum atomic E-state index is -5.63. The average molecular weight is 809 g/mol. The largest absolute Gasteiger partial charge is 1.00 e. The van der Waals surface area contributed by atoms with E-state index in [0.29, 0.717) is 0 Å². The predicted octanol–water partition coefficient (Wildman–Crippen LogP) is -22.5. The molecule has 3 heterocycles. The van der Waals surface area contributed by atoms with E-state index in [0.717, 1.165) is 0 Å². The number of hydrogen-bond donors (Lipinski definition) is 9. The third-order valence-electron chi connectivity index (χ3n) is 6.90. The zero-order valence-corrected chi connectivity index (χ0v) is 37.0. The van der Waals surface area contributed by atoms with Crippen LogP contribution in [0.15, 0.2) is 0 Å². The SMILES string of the molecule is N[C@@H](CO[C@@H]1OC[C@@H](O[C@@H]2O[C@H](CO)[C@H](O)[C@H](O[C@@H]3O[C@H](COP(=O)([O-])[O-])[C@H](O)[C@H](O)[C@H]3O)[C@H]2O)[C@H](O)[C@H]1OP(=O)([O-])O)C(=O)[O-].[Na+].[Na+].[Na+].[Na+]. The van der Waals surface area contributed by atoms with Crippen LogP contribution < -0.4 is 144 Å². The fraction of sp³-hybridized carbons (Fsp3) is 0.950. The molecule has 0 amide bonds. The smallest absolute Gasteiger partial charge is 0.790 e. The molecule has 3 aliphatic rings. The third kappa shape index (κ3) is 15.8. The number of carbonyl (C=O) groups is 1. The number of hydrogen-bond acceptors (Lipinski definition) is 23. The summed E-state index contributed by atoms with van der Waals surface area (Å²) >= 11 is 0. The molecular weight excluding hydrogens is 776 g/mol. The number of rotatable bonds is 14. The summed E-state index contributed by atoms with van der Waals surface area (Å²) in [4.78, 5) is 53.1. The molecule has 270 valence electrons. The number of aliphatic hydroxyl groups excluding tert-OH is 7. The number of carbonyl (C=O) groups excluding carboxylic acids is 1. The van der Waals surface area contributed by atoms with Crippen molar-refractivity contribution < 1.29 is 230 Å². The number of aliphatic hydroxyl groups is 7. The van der Waals surface area contributed by atoms with Crippen LogP contribution in [0.2, 0.25) is 0 Å². The molecule has 10 N–H and O–H groups in total. The van der Waals surface area contributed by atoms with Gasteiger partial charge in [0.05, 0.1) is 46.3 Å². The first-order chi connectivity index (χ1) is 21.2. The van der Waals surface area contributed by atoms with Gasteiger partial charge >= 0.3 is 118 Å². The van der Waals surface area contributed by atoms with Crippen molar-refractivity contribution in [2.45, 2.75) is 92.1 Å². The van der Waals surface area contributed by atoms with Crippen LogP contribution in [0, 0.1) is 0 Å². The molecule has 0 aromatic rings. The number of carboxylic acid groups (broad SMARTS) is 1. The van der Waals surface area contributed by atoms with Crippen molar-refractivity contribution in [1.82, 2.24) is 0 Å². The van der Waals surface area contributed by atoms with E-state index in [1.165, 1.54) is 0 Å². The molecule has 30 heteroatoms. The molecule has 0 saturated carbocycles. The maximum atomic E-state index is 11.4. The Hall–Kier alpha value is 3.13. The number of aliphatic carboxylic acids is 1. The molecule has 3 aliphatic heterocycles. The normalized spacial score (nSPS) is 39.3. The molecule has 0 aromatic carbocycles. The monoisotopic (exact) mass is 809 g/mol. The Morgan fingerprint density at radius 3 is 1.88 bits per heavy atom. The summed E-state index contributed by atoms with van der Waals surface area (Å²) in [6, 6.07) is -1.73. The molecule has 3 saturated heterocycles. The average Bonchev–Trinajstić information content (AvgIpc) is 2.95. The number of carboxylic acids is 1. The molecule has 0 aromatic heterocycles. The van der Waals surface area contributed by atoms with E-state index in [4.69, 9.17) is 34.2 Å². The fourth-order valence-electron chi connectivity index (χ4n) is 4.54. The van der Waals surface area contributed by atoms with Gasteiger partial charge in [0.15, 0.2) is 18.9 Å². The summed E-state index contributed by atoms with van der Waals surface area (Å²) in [6.07, 6.45) is -27.6. The maximum Gasteiger partial charge on any atom is 1.00 e. The Bertz CT molecular complexity index is 1110. The van der Waals surface area contributed by atoms with Crippen LogP contribution in [-0.2, 0) is 51.4 Å². The summed E-state index contributed by atoms with van der Waals surface area (Å²) in [5.41, 5.74) is 5.26. The van der Waals surface area contributed by atoms with Gasteiger partial charge in [-0.25, -0.2) is 0 Å².